The maximum Gasteiger partial charge on any atom is 0.340 e. The number of H-pyrrole nitrogens is 1. The molecule has 134 valence electrons. The number of fused-ring (bicyclic) bond motifs is 1. The van der Waals surface area contributed by atoms with Gasteiger partial charge in [-0.2, -0.15) is 9.71 Å². The number of nitrogens with one attached hydrogen (secondary N) is 1. The van der Waals surface area contributed by atoms with Crippen molar-refractivity contribution in [3.63, 3.8) is 0 Å². The van der Waals surface area contributed by atoms with Gasteiger partial charge in [0.05, 0.1) is 18.7 Å². The molecule has 0 atom stereocenters. The summed E-state index contributed by atoms with van der Waals surface area (Å²) in [6.45, 7) is 4.49. The molecule has 12 heteroatoms. The van der Waals surface area contributed by atoms with Gasteiger partial charge in [0.15, 0.2) is 5.52 Å². The Morgan fingerprint density at radius 3 is 2.75 bits per heavy atom. The third kappa shape index (κ3) is 4.73. The summed E-state index contributed by atoms with van der Waals surface area (Å²) in [5, 5.41) is 0. The van der Waals surface area contributed by atoms with Gasteiger partial charge < -0.3 is 19.6 Å². The zero-order chi connectivity index (χ0) is 17.6. The van der Waals surface area contributed by atoms with E-state index in [-0.39, 0.29) is 22.6 Å². The Bertz CT molecular complexity index is 769. The number of hydrogen-bond donors (Lipinski definition) is 2. The summed E-state index contributed by atoms with van der Waals surface area (Å²) in [7, 11) is -3.06. The van der Waals surface area contributed by atoms with Gasteiger partial charge in [0.25, 0.3) is 5.56 Å². The van der Waals surface area contributed by atoms with E-state index in [1.165, 1.54) is 22.8 Å². The first-order chi connectivity index (χ1) is 11.5. The Kier molecular flexibility index (Phi) is 6.67. The van der Waals surface area contributed by atoms with Crippen molar-refractivity contribution in [2.24, 2.45) is 0 Å². The largest absolute Gasteiger partial charge is 0.410 e. The van der Waals surface area contributed by atoms with Crippen molar-refractivity contribution in [3.8, 4) is 0 Å². The van der Waals surface area contributed by atoms with Crippen LogP contribution in [0, 0.1) is 0 Å². The van der Waals surface area contributed by atoms with Crippen molar-refractivity contribution in [1.29, 1.82) is 0 Å². The van der Waals surface area contributed by atoms with Crippen molar-refractivity contribution in [2.45, 2.75) is 13.8 Å². The summed E-state index contributed by atoms with van der Waals surface area (Å²) in [5.41, 5.74) is 5.72. The fraction of sp³-hybridized carbons (Fsp3) is 0.583. The van der Waals surface area contributed by atoms with Gasteiger partial charge in [0.2, 0.25) is 11.6 Å². The molecule has 0 aromatic carbocycles. The second-order valence-corrected chi connectivity index (χ2v) is 8.10. The molecule has 10 nitrogen and oxygen atoms in total. The second kappa shape index (κ2) is 8.52. The lowest BCUT2D eigenvalue weighted by atomic mass is 10.5. The van der Waals surface area contributed by atoms with Crippen molar-refractivity contribution in [3.05, 3.63) is 16.7 Å². The number of thioether (sulfide) groups is 1. The maximum atomic E-state index is 12.3. The lowest BCUT2D eigenvalue weighted by molar-refractivity contribution is 0.132. The minimum Gasteiger partial charge on any atom is -0.410 e. The fourth-order valence-electron chi connectivity index (χ4n) is 1.88. The molecule has 2 rings (SSSR count). The first-order valence-corrected chi connectivity index (χ1v) is 10.2. The van der Waals surface area contributed by atoms with Gasteiger partial charge in [-0.1, -0.05) is 0 Å². The Morgan fingerprint density at radius 1 is 1.38 bits per heavy atom. The standard InChI is InChI=1S/C12H20N5O5PS/c1-3-21-23(19,22-4-2)8-24-6-5-20-17-7-14-9-10(17)15-12(13)16-11(9)18/h7H,3-6,8H2,1-2H3,(H3,13,15,16,18). The van der Waals surface area contributed by atoms with Gasteiger partial charge in [0.1, 0.15) is 12.9 Å². The van der Waals surface area contributed by atoms with Crippen LogP contribution in [0.3, 0.4) is 0 Å². The first kappa shape index (κ1) is 18.8. The van der Waals surface area contributed by atoms with Crippen molar-refractivity contribution >= 4 is 36.5 Å². The number of nitrogen functional groups attached to an aromatic ring is 1. The highest BCUT2D eigenvalue weighted by Crippen LogP contribution is 2.50. The molecule has 0 amide bonds. The summed E-state index contributed by atoms with van der Waals surface area (Å²) >= 11 is 1.39. The van der Waals surface area contributed by atoms with Gasteiger partial charge in [-0.3, -0.25) is 14.3 Å². The van der Waals surface area contributed by atoms with Crippen LogP contribution in [0.25, 0.3) is 11.2 Å². The number of nitrogens with zero attached hydrogens (tertiary/aromatic N) is 3. The van der Waals surface area contributed by atoms with Crippen LogP contribution in [0.15, 0.2) is 11.1 Å². The van der Waals surface area contributed by atoms with E-state index < -0.39 is 13.2 Å². The molecular formula is C12H20N5O5PS. The molecule has 2 aromatic heterocycles. The topological polar surface area (TPSA) is 134 Å². The zero-order valence-corrected chi connectivity index (χ0v) is 15.1. The number of nitrogens with two attached hydrogens (primary N) is 1. The number of hydrogen-bond acceptors (Lipinski definition) is 9. The monoisotopic (exact) mass is 377 g/mol. The van der Waals surface area contributed by atoms with Crippen LogP contribution in [0.5, 0.6) is 0 Å². The predicted molar refractivity (Wildman–Crippen MR) is 92.2 cm³/mol. The Labute approximate surface area is 142 Å². The molecule has 3 N–H and O–H groups in total. The van der Waals surface area contributed by atoms with Crippen molar-refractivity contribution < 1.29 is 18.5 Å². The van der Waals surface area contributed by atoms with Gasteiger partial charge in [-0.25, -0.2) is 4.98 Å². The number of aromatic amines is 1. The third-order valence-corrected chi connectivity index (χ3v) is 6.51. The van der Waals surface area contributed by atoms with E-state index in [1.54, 1.807) is 13.8 Å². The highest BCUT2D eigenvalue weighted by atomic mass is 32.2. The van der Waals surface area contributed by atoms with E-state index in [1.807, 2.05) is 0 Å². The summed E-state index contributed by atoms with van der Waals surface area (Å²) in [6, 6.07) is 0. The van der Waals surface area contributed by atoms with E-state index in [0.717, 1.165) is 0 Å². The van der Waals surface area contributed by atoms with Crippen LogP contribution in [0.1, 0.15) is 13.8 Å². The minimum atomic E-state index is -3.06. The van der Waals surface area contributed by atoms with Crippen LogP contribution in [-0.2, 0) is 13.6 Å². The molecule has 0 saturated carbocycles. The van der Waals surface area contributed by atoms with Crippen molar-refractivity contribution in [1.82, 2.24) is 19.7 Å². The molecule has 0 saturated heterocycles. The Balaban J connectivity index is 1.87. The normalized spacial score (nSPS) is 11.9. The highest BCUT2D eigenvalue weighted by molar-refractivity contribution is 8.04. The molecule has 0 aliphatic carbocycles. The van der Waals surface area contributed by atoms with Crippen LogP contribution < -0.4 is 16.1 Å². The zero-order valence-electron chi connectivity index (χ0n) is 13.4. The van der Waals surface area contributed by atoms with Crippen molar-refractivity contribution in [2.75, 3.05) is 36.8 Å². The molecule has 0 bridgehead atoms. The maximum absolute atomic E-state index is 12.3. The van der Waals surface area contributed by atoms with E-state index in [4.69, 9.17) is 19.6 Å². The van der Waals surface area contributed by atoms with E-state index in [2.05, 4.69) is 15.0 Å². The highest BCUT2D eigenvalue weighted by Gasteiger charge is 2.23. The Morgan fingerprint density at radius 2 is 2.08 bits per heavy atom. The molecule has 0 aliphatic heterocycles. The summed E-state index contributed by atoms with van der Waals surface area (Å²) in [5.74, 6) is 0.532. The lowest BCUT2D eigenvalue weighted by Crippen LogP contribution is -2.17. The molecule has 2 heterocycles. The first-order valence-electron chi connectivity index (χ1n) is 7.31. The average molecular weight is 377 g/mol. The molecule has 0 radical (unpaired) electrons. The summed E-state index contributed by atoms with van der Waals surface area (Å²) in [4.78, 5) is 27.4. The van der Waals surface area contributed by atoms with E-state index >= 15 is 0 Å². The quantitative estimate of drug-likeness (QED) is 0.461. The molecule has 24 heavy (non-hydrogen) atoms. The van der Waals surface area contributed by atoms with E-state index in [0.29, 0.717) is 25.6 Å². The fourth-order valence-corrected chi connectivity index (χ4v) is 4.94. The smallest absolute Gasteiger partial charge is 0.340 e. The van der Waals surface area contributed by atoms with Crippen LogP contribution in [-0.4, -0.2) is 50.7 Å². The Hall–Kier alpha value is -1.55. The SMILES string of the molecule is CCOP(=O)(CSCCOn1cnc2c(=O)[nH]c(N)nc21)OCC. The van der Waals surface area contributed by atoms with E-state index in [9.17, 15) is 9.36 Å². The molecule has 0 spiro atoms. The number of imidazole rings is 1. The second-order valence-electron chi connectivity index (χ2n) is 4.51. The van der Waals surface area contributed by atoms with Gasteiger partial charge in [-0.15, -0.1) is 11.8 Å². The number of rotatable bonds is 10. The summed E-state index contributed by atoms with van der Waals surface area (Å²) < 4.78 is 24.0. The van der Waals surface area contributed by atoms with Gasteiger partial charge in [0, 0.05) is 5.75 Å². The van der Waals surface area contributed by atoms with Crippen LogP contribution in [0.2, 0.25) is 0 Å². The predicted octanol–water partition coefficient (Wildman–Crippen LogP) is 1.09. The molecule has 0 fully saturated rings. The average Bonchev–Trinajstić information content (AvgIpc) is 2.91. The number of aromatic nitrogens is 4. The van der Waals surface area contributed by atoms with Gasteiger partial charge in [-0.05, 0) is 13.8 Å². The van der Waals surface area contributed by atoms with Crippen LogP contribution in [0.4, 0.5) is 5.95 Å². The third-order valence-electron chi connectivity index (χ3n) is 2.75. The minimum absolute atomic E-state index is 0.0124. The molecule has 0 unspecified atom stereocenters. The van der Waals surface area contributed by atoms with Gasteiger partial charge >= 0.3 is 7.60 Å². The molecule has 0 aliphatic rings. The number of anilines is 1. The lowest BCUT2D eigenvalue weighted by Gasteiger charge is -2.16. The molecule has 2 aromatic rings. The summed E-state index contributed by atoms with van der Waals surface area (Å²) in [6.07, 6.45) is 1.35. The van der Waals surface area contributed by atoms with Crippen LogP contribution >= 0.6 is 19.4 Å². The molecular weight excluding hydrogens is 357 g/mol.